The summed E-state index contributed by atoms with van der Waals surface area (Å²) >= 11 is 0. The van der Waals surface area contributed by atoms with Crippen LogP contribution in [0, 0.1) is 11.3 Å². The summed E-state index contributed by atoms with van der Waals surface area (Å²) in [6.45, 7) is 7.09. The molecule has 0 aromatic heterocycles. The van der Waals surface area contributed by atoms with Crippen LogP contribution in [0.3, 0.4) is 0 Å². The Morgan fingerprint density at radius 2 is 2.10 bits per heavy atom. The SMILES string of the molecule is CCOC1CC(N)(C(=O)NCC2CCCC2O)C1(C)C.Cl. The van der Waals surface area contributed by atoms with Gasteiger partial charge in [0, 0.05) is 30.9 Å². The summed E-state index contributed by atoms with van der Waals surface area (Å²) in [6, 6.07) is 0. The van der Waals surface area contributed by atoms with Crippen molar-refractivity contribution in [2.24, 2.45) is 17.1 Å². The second-order valence-corrected chi connectivity index (χ2v) is 6.81. The number of carbonyl (C=O) groups excluding carboxylic acids is 1. The van der Waals surface area contributed by atoms with Gasteiger partial charge in [0.2, 0.25) is 5.91 Å². The van der Waals surface area contributed by atoms with Gasteiger partial charge < -0.3 is 20.9 Å². The van der Waals surface area contributed by atoms with Crippen molar-refractivity contribution in [1.29, 1.82) is 0 Å². The van der Waals surface area contributed by atoms with Crippen LogP contribution < -0.4 is 11.1 Å². The smallest absolute Gasteiger partial charge is 0.240 e. The first-order valence-corrected chi connectivity index (χ1v) is 7.69. The van der Waals surface area contributed by atoms with Gasteiger partial charge in [-0.2, -0.15) is 0 Å². The van der Waals surface area contributed by atoms with Gasteiger partial charge in [-0.25, -0.2) is 0 Å². The van der Waals surface area contributed by atoms with Crippen molar-refractivity contribution < 1.29 is 14.6 Å². The number of hydrogen-bond donors (Lipinski definition) is 3. The topological polar surface area (TPSA) is 84.6 Å². The van der Waals surface area contributed by atoms with Gasteiger partial charge in [0.1, 0.15) is 5.54 Å². The molecular weight excluding hydrogens is 292 g/mol. The van der Waals surface area contributed by atoms with Gasteiger partial charge in [-0.05, 0) is 19.8 Å². The minimum absolute atomic E-state index is 0. The van der Waals surface area contributed by atoms with Crippen molar-refractivity contribution in [3.05, 3.63) is 0 Å². The highest BCUT2D eigenvalue weighted by atomic mass is 35.5. The Morgan fingerprint density at radius 3 is 2.57 bits per heavy atom. The predicted octanol–water partition coefficient (Wildman–Crippen LogP) is 1.22. The van der Waals surface area contributed by atoms with E-state index >= 15 is 0 Å². The molecule has 4 atom stereocenters. The molecule has 0 aliphatic heterocycles. The van der Waals surface area contributed by atoms with Gasteiger partial charge in [-0.3, -0.25) is 4.79 Å². The summed E-state index contributed by atoms with van der Waals surface area (Å²) in [4.78, 5) is 12.4. The lowest BCUT2D eigenvalue weighted by molar-refractivity contribution is -0.170. The fraction of sp³-hybridized carbons (Fsp3) is 0.933. The van der Waals surface area contributed by atoms with Crippen molar-refractivity contribution in [2.45, 2.75) is 64.2 Å². The van der Waals surface area contributed by atoms with Crippen LogP contribution in [0.4, 0.5) is 0 Å². The molecule has 0 aromatic rings. The van der Waals surface area contributed by atoms with E-state index in [1.165, 1.54) is 0 Å². The zero-order valence-corrected chi connectivity index (χ0v) is 14.0. The average Bonchev–Trinajstić information content (AvgIpc) is 2.81. The van der Waals surface area contributed by atoms with Crippen LogP contribution in [0.15, 0.2) is 0 Å². The van der Waals surface area contributed by atoms with E-state index in [4.69, 9.17) is 10.5 Å². The van der Waals surface area contributed by atoms with Crippen molar-refractivity contribution in [2.75, 3.05) is 13.2 Å². The Balaban J connectivity index is 0.00000220. The first-order valence-electron chi connectivity index (χ1n) is 7.69. The molecule has 21 heavy (non-hydrogen) atoms. The maximum Gasteiger partial charge on any atom is 0.240 e. The number of halogens is 1. The number of nitrogens with one attached hydrogen (secondary N) is 1. The van der Waals surface area contributed by atoms with Crippen molar-refractivity contribution in [3.8, 4) is 0 Å². The lowest BCUT2D eigenvalue weighted by Crippen LogP contribution is -2.76. The molecule has 0 heterocycles. The van der Waals surface area contributed by atoms with Crippen LogP contribution in [0.2, 0.25) is 0 Å². The molecule has 0 saturated heterocycles. The molecule has 0 spiro atoms. The van der Waals surface area contributed by atoms with Crippen LogP contribution in [-0.2, 0) is 9.53 Å². The Labute approximate surface area is 133 Å². The van der Waals surface area contributed by atoms with E-state index in [1.54, 1.807) is 0 Å². The Bertz CT molecular complexity index is 378. The number of hydrogen-bond acceptors (Lipinski definition) is 4. The Hall–Kier alpha value is -0.360. The van der Waals surface area contributed by atoms with Gasteiger partial charge in [0.05, 0.1) is 12.2 Å². The van der Waals surface area contributed by atoms with Crippen molar-refractivity contribution >= 4 is 18.3 Å². The molecule has 1 amide bonds. The third-order valence-electron chi connectivity index (χ3n) is 5.38. The van der Waals surface area contributed by atoms with Crippen LogP contribution in [0.25, 0.3) is 0 Å². The summed E-state index contributed by atoms with van der Waals surface area (Å²) in [5, 5.41) is 12.7. The maximum atomic E-state index is 12.4. The molecule has 0 radical (unpaired) electrons. The number of rotatable bonds is 5. The van der Waals surface area contributed by atoms with Crippen LogP contribution in [0.1, 0.15) is 46.5 Å². The van der Waals surface area contributed by atoms with Gasteiger partial charge in [0.25, 0.3) is 0 Å². The summed E-state index contributed by atoms with van der Waals surface area (Å²) in [5.41, 5.74) is 5.09. The van der Waals surface area contributed by atoms with E-state index in [2.05, 4.69) is 5.32 Å². The molecule has 124 valence electrons. The normalized spacial score (nSPS) is 37.5. The lowest BCUT2D eigenvalue weighted by atomic mass is 9.54. The molecule has 2 saturated carbocycles. The number of carbonyl (C=O) groups is 1. The van der Waals surface area contributed by atoms with Crippen LogP contribution in [0.5, 0.6) is 0 Å². The van der Waals surface area contributed by atoms with E-state index in [0.29, 0.717) is 19.6 Å². The molecule has 4 N–H and O–H groups in total. The highest BCUT2D eigenvalue weighted by Gasteiger charge is 2.62. The zero-order valence-electron chi connectivity index (χ0n) is 13.2. The summed E-state index contributed by atoms with van der Waals surface area (Å²) < 4.78 is 5.63. The second kappa shape index (κ2) is 6.82. The second-order valence-electron chi connectivity index (χ2n) is 6.81. The van der Waals surface area contributed by atoms with Crippen molar-refractivity contribution in [1.82, 2.24) is 5.32 Å². The van der Waals surface area contributed by atoms with Gasteiger partial charge in [-0.15, -0.1) is 12.4 Å². The molecule has 2 aliphatic rings. The average molecular weight is 321 g/mol. The summed E-state index contributed by atoms with van der Waals surface area (Å²) in [5.74, 6) is 0.0611. The third kappa shape index (κ3) is 3.21. The van der Waals surface area contributed by atoms with Gasteiger partial charge in [-0.1, -0.05) is 20.3 Å². The number of ether oxygens (including phenoxy) is 1. The molecule has 2 rings (SSSR count). The van der Waals surface area contributed by atoms with Gasteiger partial charge in [0.15, 0.2) is 0 Å². The molecule has 0 bridgehead atoms. The predicted molar refractivity (Wildman–Crippen MR) is 84.3 cm³/mol. The highest BCUT2D eigenvalue weighted by Crippen LogP contribution is 2.49. The van der Waals surface area contributed by atoms with Crippen LogP contribution in [-0.4, -0.2) is 41.9 Å². The van der Waals surface area contributed by atoms with Crippen LogP contribution >= 0.6 is 12.4 Å². The fourth-order valence-corrected chi connectivity index (χ4v) is 3.46. The molecule has 5 nitrogen and oxygen atoms in total. The first-order chi connectivity index (χ1) is 9.33. The Kier molecular flexibility index (Phi) is 6.07. The lowest BCUT2D eigenvalue weighted by Gasteiger charge is -2.57. The maximum absolute atomic E-state index is 12.4. The monoisotopic (exact) mass is 320 g/mol. The number of amides is 1. The van der Waals surface area contributed by atoms with E-state index in [-0.39, 0.29) is 41.9 Å². The quantitative estimate of drug-likeness (QED) is 0.711. The third-order valence-corrected chi connectivity index (χ3v) is 5.38. The van der Waals surface area contributed by atoms with E-state index < -0.39 is 5.54 Å². The first kappa shape index (κ1) is 18.7. The molecule has 2 fully saturated rings. The fourth-order valence-electron chi connectivity index (χ4n) is 3.46. The number of aliphatic hydroxyl groups is 1. The highest BCUT2D eigenvalue weighted by molar-refractivity contribution is 5.88. The summed E-state index contributed by atoms with van der Waals surface area (Å²) in [7, 11) is 0. The number of nitrogens with two attached hydrogens (primary N) is 1. The minimum atomic E-state index is -0.865. The van der Waals surface area contributed by atoms with Gasteiger partial charge >= 0.3 is 0 Å². The zero-order chi connectivity index (χ0) is 15.0. The van der Waals surface area contributed by atoms with E-state index in [0.717, 1.165) is 19.3 Å². The molecule has 2 aliphatic carbocycles. The van der Waals surface area contributed by atoms with E-state index in [1.807, 2.05) is 20.8 Å². The molecular formula is C15H29ClN2O3. The van der Waals surface area contributed by atoms with E-state index in [9.17, 15) is 9.90 Å². The standard InChI is InChI=1S/C15H28N2O3.ClH/c1-4-20-12-8-15(16,14(12,2)3)13(19)17-9-10-6-5-7-11(10)18;/h10-12,18H,4-9,16H2,1-3H3,(H,17,19);1H. The molecule has 6 heteroatoms. The van der Waals surface area contributed by atoms with Crippen molar-refractivity contribution in [3.63, 3.8) is 0 Å². The Morgan fingerprint density at radius 1 is 1.43 bits per heavy atom. The molecule has 4 unspecified atom stereocenters. The molecule has 0 aromatic carbocycles. The summed E-state index contributed by atoms with van der Waals surface area (Å²) in [6.07, 6.45) is 3.17. The largest absolute Gasteiger partial charge is 0.393 e. The minimum Gasteiger partial charge on any atom is -0.393 e. The number of aliphatic hydroxyl groups excluding tert-OH is 1.